The van der Waals surface area contributed by atoms with Crippen molar-refractivity contribution in [3.8, 4) is 0 Å². The zero-order chi connectivity index (χ0) is 18.8. The summed E-state index contributed by atoms with van der Waals surface area (Å²) in [5.41, 5.74) is 3.85. The van der Waals surface area contributed by atoms with Crippen LogP contribution in [0.2, 0.25) is 0 Å². The van der Waals surface area contributed by atoms with E-state index < -0.39 is 0 Å². The summed E-state index contributed by atoms with van der Waals surface area (Å²) >= 11 is 3.42. The maximum absolute atomic E-state index is 12.3. The molecule has 0 atom stereocenters. The van der Waals surface area contributed by atoms with Crippen molar-refractivity contribution < 1.29 is 9.21 Å². The lowest BCUT2D eigenvalue weighted by Crippen LogP contribution is -2.15. The summed E-state index contributed by atoms with van der Waals surface area (Å²) in [6, 6.07) is 13.9. The van der Waals surface area contributed by atoms with Gasteiger partial charge in [0.25, 0.3) is 0 Å². The molecule has 0 unspecified atom stereocenters. The highest BCUT2D eigenvalue weighted by atomic mass is 79.9. The van der Waals surface area contributed by atoms with Gasteiger partial charge in [0.15, 0.2) is 0 Å². The Morgan fingerprint density at radius 3 is 2.85 bits per heavy atom. The summed E-state index contributed by atoms with van der Waals surface area (Å²) in [4.78, 5) is 16.5. The number of nitrogens with zero attached hydrogens (tertiary/aromatic N) is 3. The number of benzene rings is 2. The maximum Gasteiger partial charge on any atom is 0.248 e. The molecule has 7 heteroatoms. The van der Waals surface area contributed by atoms with Gasteiger partial charge >= 0.3 is 0 Å². The van der Waals surface area contributed by atoms with E-state index in [1.165, 1.54) is 0 Å². The Bertz CT molecular complexity index is 1100. The van der Waals surface area contributed by atoms with E-state index in [0.29, 0.717) is 12.5 Å². The number of carbonyl (C=O) groups is 1. The smallest absolute Gasteiger partial charge is 0.248 e. The number of nitrogens with one attached hydrogen (secondary N) is 1. The fourth-order valence-electron chi connectivity index (χ4n) is 2.87. The molecule has 0 aliphatic carbocycles. The van der Waals surface area contributed by atoms with Crippen LogP contribution in [0.4, 0.5) is 5.95 Å². The van der Waals surface area contributed by atoms with Crippen LogP contribution in [0, 0.1) is 6.92 Å². The highest BCUT2D eigenvalue weighted by Crippen LogP contribution is 2.23. The fraction of sp³-hybridized carbons (Fsp3) is 0.150. The van der Waals surface area contributed by atoms with E-state index >= 15 is 0 Å². The van der Waals surface area contributed by atoms with Crippen LogP contribution >= 0.6 is 15.9 Å². The summed E-state index contributed by atoms with van der Waals surface area (Å²) < 4.78 is 8.26. The SMILES string of the molecule is Cc1ccc2c(CC(=O)Nc3ncn(Cc4ccc(Br)cc4)n3)coc2c1. The number of furan rings is 1. The van der Waals surface area contributed by atoms with Gasteiger partial charge in [0.1, 0.15) is 11.9 Å². The Hall–Kier alpha value is -2.93. The standard InChI is InChI=1S/C20H17BrN4O2/c1-13-2-7-17-15(11-27-18(17)8-13)9-19(26)23-20-22-12-25(24-20)10-14-3-5-16(21)6-4-14/h2-8,11-12H,9-10H2,1H3,(H,23,24,26). The molecule has 0 aliphatic heterocycles. The monoisotopic (exact) mass is 424 g/mol. The quantitative estimate of drug-likeness (QED) is 0.517. The normalized spacial score (nSPS) is 11.0. The minimum Gasteiger partial charge on any atom is -0.464 e. The summed E-state index contributed by atoms with van der Waals surface area (Å²) in [6.07, 6.45) is 3.44. The molecular weight excluding hydrogens is 408 g/mol. The number of hydrogen-bond acceptors (Lipinski definition) is 4. The minimum absolute atomic E-state index is 0.181. The van der Waals surface area contributed by atoms with Crippen LogP contribution in [0.15, 0.2) is 63.9 Å². The van der Waals surface area contributed by atoms with Gasteiger partial charge < -0.3 is 4.42 Å². The average molecular weight is 425 g/mol. The second-order valence-electron chi connectivity index (χ2n) is 6.38. The number of aromatic nitrogens is 3. The molecule has 1 amide bonds. The van der Waals surface area contributed by atoms with Crippen LogP contribution in [-0.4, -0.2) is 20.7 Å². The molecule has 4 rings (SSSR count). The topological polar surface area (TPSA) is 73.0 Å². The first-order chi connectivity index (χ1) is 13.1. The lowest BCUT2D eigenvalue weighted by atomic mass is 10.1. The molecule has 2 aromatic heterocycles. The second kappa shape index (κ2) is 7.36. The van der Waals surface area contributed by atoms with Gasteiger partial charge in [-0.15, -0.1) is 5.10 Å². The van der Waals surface area contributed by atoms with Crippen molar-refractivity contribution in [3.63, 3.8) is 0 Å². The molecule has 0 fully saturated rings. The molecule has 1 N–H and O–H groups in total. The van der Waals surface area contributed by atoms with Gasteiger partial charge in [-0.25, -0.2) is 9.67 Å². The summed E-state index contributed by atoms with van der Waals surface area (Å²) in [7, 11) is 0. The van der Waals surface area contributed by atoms with Crippen molar-refractivity contribution in [1.29, 1.82) is 0 Å². The average Bonchev–Trinajstić information content (AvgIpc) is 3.24. The van der Waals surface area contributed by atoms with Gasteiger partial charge in [-0.2, -0.15) is 0 Å². The molecule has 2 aromatic carbocycles. The predicted octanol–water partition coefficient (Wildman–Crippen LogP) is 4.32. The highest BCUT2D eigenvalue weighted by Gasteiger charge is 2.12. The molecular formula is C20H17BrN4O2. The lowest BCUT2D eigenvalue weighted by Gasteiger charge is -2.02. The molecule has 0 aliphatic rings. The van der Waals surface area contributed by atoms with Crippen molar-refractivity contribution >= 4 is 38.8 Å². The Balaban J connectivity index is 1.41. The van der Waals surface area contributed by atoms with Gasteiger partial charge in [-0.3, -0.25) is 10.1 Å². The van der Waals surface area contributed by atoms with E-state index in [9.17, 15) is 4.79 Å². The Labute approximate surface area is 164 Å². The largest absolute Gasteiger partial charge is 0.464 e. The first-order valence-corrected chi connectivity index (χ1v) is 9.26. The molecule has 2 heterocycles. The van der Waals surface area contributed by atoms with Crippen molar-refractivity contribution in [2.24, 2.45) is 0 Å². The zero-order valence-electron chi connectivity index (χ0n) is 14.6. The van der Waals surface area contributed by atoms with E-state index in [4.69, 9.17) is 4.42 Å². The van der Waals surface area contributed by atoms with E-state index in [1.54, 1.807) is 17.3 Å². The van der Waals surface area contributed by atoms with Crippen molar-refractivity contribution in [1.82, 2.24) is 14.8 Å². The van der Waals surface area contributed by atoms with Crippen molar-refractivity contribution in [3.05, 3.63) is 76.2 Å². The number of carbonyl (C=O) groups excluding carboxylic acids is 1. The molecule has 0 radical (unpaired) electrons. The van der Waals surface area contributed by atoms with Crippen LogP contribution in [0.25, 0.3) is 11.0 Å². The maximum atomic E-state index is 12.3. The van der Waals surface area contributed by atoms with Gasteiger partial charge in [-0.05, 0) is 36.2 Å². The molecule has 0 saturated carbocycles. The van der Waals surface area contributed by atoms with Crippen LogP contribution in [0.1, 0.15) is 16.7 Å². The molecule has 0 bridgehead atoms. The van der Waals surface area contributed by atoms with Crippen LogP contribution in [-0.2, 0) is 17.8 Å². The van der Waals surface area contributed by atoms with Gasteiger partial charge in [0.05, 0.1) is 19.2 Å². The van der Waals surface area contributed by atoms with E-state index in [0.717, 1.165) is 32.1 Å². The van der Waals surface area contributed by atoms with Crippen molar-refractivity contribution in [2.45, 2.75) is 19.9 Å². The molecule has 4 aromatic rings. The third-order valence-electron chi connectivity index (χ3n) is 4.21. The number of anilines is 1. The Morgan fingerprint density at radius 1 is 1.22 bits per heavy atom. The first-order valence-electron chi connectivity index (χ1n) is 8.47. The van der Waals surface area contributed by atoms with Crippen LogP contribution in [0.5, 0.6) is 0 Å². The third-order valence-corrected chi connectivity index (χ3v) is 4.74. The van der Waals surface area contributed by atoms with E-state index in [2.05, 4.69) is 31.3 Å². The Kier molecular flexibility index (Phi) is 4.77. The number of halogens is 1. The molecule has 27 heavy (non-hydrogen) atoms. The fourth-order valence-corrected chi connectivity index (χ4v) is 3.14. The molecule has 6 nitrogen and oxygen atoms in total. The summed E-state index contributed by atoms with van der Waals surface area (Å²) in [5, 5.41) is 8.00. The number of hydrogen-bond donors (Lipinski definition) is 1. The summed E-state index contributed by atoms with van der Waals surface area (Å²) in [5.74, 6) is 0.112. The molecule has 0 saturated heterocycles. The third kappa shape index (κ3) is 4.09. The van der Waals surface area contributed by atoms with Crippen LogP contribution < -0.4 is 5.32 Å². The second-order valence-corrected chi connectivity index (χ2v) is 7.29. The predicted molar refractivity (Wildman–Crippen MR) is 107 cm³/mol. The minimum atomic E-state index is -0.181. The van der Waals surface area contributed by atoms with Gasteiger partial charge in [-0.1, -0.05) is 40.2 Å². The Morgan fingerprint density at radius 2 is 2.04 bits per heavy atom. The molecule has 0 spiro atoms. The zero-order valence-corrected chi connectivity index (χ0v) is 16.2. The highest BCUT2D eigenvalue weighted by molar-refractivity contribution is 9.10. The number of aryl methyl sites for hydroxylation is 1. The number of amides is 1. The molecule has 136 valence electrons. The van der Waals surface area contributed by atoms with E-state index in [-0.39, 0.29) is 12.3 Å². The lowest BCUT2D eigenvalue weighted by molar-refractivity contribution is -0.115. The number of fused-ring (bicyclic) bond motifs is 1. The van der Waals surface area contributed by atoms with E-state index in [1.807, 2.05) is 49.4 Å². The summed E-state index contributed by atoms with van der Waals surface area (Å²) in [6.45, 7) is 2.59. The first kappa shape index (κ1) is 17.5. The van der Waals surface area contributed by atoms with Gasteiger partial charge in [0, 0.05) is 15.4 Å². The number of rotatable bonds is 5. The van der Waals surface area contributed by atoms with Crippen molar-refractivity contribution in [2.75, 3.05) is 5.32 Å². The van der Waals surface area contributed by atoms with Gasteiger partial charge in [0.2, 0.25) is 11.9 Å². The van der Waals surface area contributed by atoms with Crippen LogP contribution in [0.3, 0.4) is 0 Å².